The smallest absolute Gasteiger partial charge is 0.491 e. The first kappa shape index (κ1) is 41.4. The number of thiophene rings is 1. The van der Waals surface area contributed by atoms with Crippen molar-refractivity contribution < 1.29 is 37.0 Å². The predicted molar refractivity (Wildman–Crippen MR) is 235 cm³/mol. The van der Waals surface area contributed by atoms with Gasteiger partial charge < -0.3 is 41.8 Å². The fourth-order valence-electron chi connectivity index (χ4n) is 9.16. The number of piperazine rings is 1. The number of benzene rings is 1. The SMILES string of the molecule is CC(=O)c1ccc(N2CCN(C(=O)c3cc4c(C)nn(Cc5cccc(OCC6CN(C(=O)CCc7ccc8n7[B-](F)(F)[N+]7=C(C)C=C(C)C7=C8)CCO6)c5)c4s3)C[C@H]2C)nc1. The van der Waals surface area contributed by atoms with Crippen molar-refractivity contribution in [3.8, 4) is 5.75 Å². The molecule has 0 aliphatic carbocycles. The van der Waals surface area contributed by atoms with Crippen molar-refractivity contribution in [2.45, 2.75) is 66.2 Å². The van der Waals surface area contributed by atoms with Crippen LogP contribution in [0.4, 0.5) is 14.4 Å². The van der Waals surface area contributed by atoms with Crippen molar-refractivity contribution in [2.75, 3.05) is 50.8 Å². The van der Waals surface area contributed by atoms with Crippen LogP contribution in [-0.2, 0) is 22.5 Å². The standard InChI is InChI=1S/C45H49BF2N8O5S/c1-28-19-29(2)55-40(28)21-36-11-10-35(56(36)46(55,47)48)12-14-43(58)51-17-18-60-38(26-51)27-61-37-8-6-7-33(20-37)25-54-45-39(31(4)50-54)22-41(62-45)44(59)52-15-16-53(30(3)24-52)42-13-9-34(23-49-42)32(5)57/h6-11,13,19-23,30,38H,12,14-18,24-27H2,1-5H3/t30-,38?/m1/s1. The van der Waals surface area contributed by atoms with E-state index in [0.29, 0.717) is 84.9 Å². The van der Waals surface area contributed by atoms with Crippen LogP contribution in [0, 0.1) is 6.92 Å². The molecule has 4 aliphatic rings. The summed E-state index contributed by atoms with van der Waals surface area (Å²) in [5, 5.41) is 5.76. The summed E-state index contributed by atoms with van der Waals surface area (Å²) in [4.78, 5) is 50.8. The van der Waals surface area contributed by atoms with E-state index in [4.69, 9.17) is 14.6 Å². The van der Waals surface area contributed by atoms with Gasteiger partial charge in [-0.05, 0) is 87.8 Å². The molecule has 62 heavy (non-hydrogen) atoms. The molecule has 0 bridgehead atoms. The zero-order valence-electron chi connectivity index (χ0n) is 35.5. The number of aryl methyl sites for hydroxylation is 2. The van der Waals surface area contributed by atoms with E-state index < -0.39 is 6.97 Å². The summed E-state index contributed by atoms with van der Waals surface area (Å²) in [6.07, 6.45) is 5.13. The molecule has 0 radical (unpaired) electrons. The summed E-state index contributed by atoms with van der Waals surface area (Å²) < 4.78 is 48.1. The zero-order valence-corrected chi connectivity index (χ0v) is 36.3. The molecule has 4 aliphatic heterocycles. The van der Waals surface area contributed by atoms with Crippen LogP contribution in [0.3, 0.4) is 0 Å². The summed E-state index contributed by atoms with van der Waals surface area (Å²) in [7, 11) is 0. The highest BCUT2D eigenvalue weighted by Gasteiger charge is 2.52. The van der Waals surface area contributed by atoms with Gasteiger partial charge in [-0.25, -0.2) is 4.98 Å². The van der Waals surface area contributed by atoms with Crippen molar-refractivity contribution in [1.29, 1.82) is 0 Å². The Morgan fingerprint density at radius 2 is 1.84 bits per heavy atom. The number of morpholine rings is 1. The molecular formula is C45H49BF2N8O5S. The second kappa shape index (κ2) is 16.4. The van der Waals surface area contributed by atoms with Gasteiger partial charge in [0.15, 0.2) is 11.5 Å². The Balaban J connectivity index is 0.789. The van der Waals surface area contributed by atoms with Gasteiger partial charge in [0, 0.05) is 86.1 Å². The van der Waals surface area contributed by atoms with Crippen molar-refractivity contribution >= 4 is 63.7 Å². The number of carbonyl (C=O) groups excluding carboxylic acids is 3. The van der Waals surface area contributed by atoms with Gasteiger partial charge in [-0.3, -0.25) is 19.1 Å². The Morgan fingerprint density at radius 3 is 2.61 bits per heavy atom. The Bertz CT molecular complexity index is 2700. The third kappa shape index (κ3) is 7.76. The lowest BCUT2D eigenvalue weighted by Gasteiger charge is -2.40. The quantitative estimate of drug-likeness (QED) is 0.110. The fourth-order valence-corrected chi connectivity index (χ4v) is 10.3. The van der Waals surface area contributed by atoms with Gasteiger partial charge >= 0.3 is 6.97 Å². The normalized spacial score (nSPS) is 19.7. The van der Waals surface area contributed by atoms with E-state index in [1.165, 1.54) is 18.3 Å². The first-order valence-corrected chi connectivity index (χ1v) is 21.9. The van der Waals surface area contributed by atoms with E-state index in [0.717, 1.165) is 41.8 Å². The Kier molecular flexibility index (Phi) is 11.0. The van der Waals surface area contributed by atoms with E-state index in [1.807, 2.05) is 59.8 Å². The van der Waals surface area contributed by atoms with Gasteiger partial charge in [-0.1, -0.05) is 12.1 Å². The molecule has 1 aromatic carbocycles. The van der Waals surface area contributed by atoms with Crippen molar-refractivity contribution in [3.05, 3.63) is 111 Å². The molecule has 322 valence electrons. The second-order valence-electron chi connectivity index (χ2n) is 16.7. The van der Waals surface area contributed by atoms with Gasteiger partial charge in [-0.15, -0.1) is 11.3 Å². The molecule has 2 fully saturated rings. The third-order valence-electron chi connectivity index (χ3n) is 12.3. The summed E-state index contributed by atoms with van der Waals surface area (Å²) in [6.45, 7) is 8.60. The maximum atomic E-state index is 15.9. The van der Waals surface area contributed by atoms with Crippen LogP contribution >= 0.6 is 11.3 Å². The highest BCUT2D eigenvalue weighted by atomic mass is 32.1. The van der Waals surface area contributed by atoms with Crippen molar-refractivity contribution in [1.82, 2.24) is 29.0 Å². The monoisotopic (exact) mass is 862 g/mol. The Labute approximate surface area is 362 Å². The highest BCUT2D eigenvalue weighted by molar-refractivity contribution is 7.20. The minimum atomic E-state index is -4.08. The molecule has 5 aromatic rings. The summed E-state index contributed by atoms with van der Waals surface area (Å²) in [6, 6.07) is 16.8. The lowest BCUT2D eigenvalue weighted by Crippen LogP contribution is -2.54. The van der Waals surface area contributed by atoms with Crippen LogP contribution in [0.15, 0.2) is 78.1 Å². The number of allylic oxidation sites excluding steroid dienone is 2. The molecule has 1 unspecified atom stereocenters. The summed E-state index contributed by atoms with van der Waals surface area (Å²) in [5.74, 6) is 1.31. The number of amides is 2. The zero-order chi connectivity index (χ0) is 43.4. The third-order valence-corrected chi connectivity index (χ3v) is 13.5. The van der Waals surface area contributed by atoms with Crippen LogP contribution < -0.4 is 9.64 Å². The largest absolute Gasteiger partial charge is 0.737 e. The molecule has 2 atom stereocenters. The molecule has 4 aromatic heterocycles. The Hall–Kier alpha value is -5.94. The van der Waals surface area contributed by atoms with Gasteiger partial charge in [0.25, 0.3) is 5.91 Å². The minimum Gasteiger partial charge on any atom is -0.491 e. The average molecular weight is 863 g/mol. The number of carbonyl (C=O) groups is 3. The molecule has 0 spiro atoms. The fraction of sp³-hybridized carbons (Fsp3) is 0.378. The molecule has 2 saturated heterocycles. The van der Waals surface area contributed by atoms with E-state index >= 15 is 8.63 Å². The average Bonchev–Trinajstić information content (AvgIpc) is 4.02. The number of fused-ring (bicyclic) bond motifs is 3. The maximum Gasteiger partial charge on any atom is 0.737 e. The number of nitrogens with zero attached hydrogens (tertiary/aromatic N) is 8. The molecule has 0 saturated carbocycles. The minimum absolute atomic E-state index is 0.00537. The highest BCUT2D eigenvalue weighted by Crippen LogP contribution is 2.36. The first-order chi connectivity index (χ1) is 29.7. The molecule has 8 heterocycles. The molecule has 9 rings (SSSR count). The van der Waals surface area contributed by atoms with E-state index in [-0.39, 0.29) is 49.2 Å². The van der Waals surface area contributed by atoms with Crippen LogP contribution in [0.1, 0.15) is 76.8 Å². The number of halogens is 2. The second-order valence-corrected chi connectivity index (χ2v) is 17.7. The number of pyridine rings is 1. The number of Topliss-reactive ketones (excluding diaryl/α,β-unsaturated/α-hetero) is 1. The molecular weight excluding hydrogens is 813 g/mol. The van der Waals surface area contributed by atoms with Crippen LogP contribution in [0.5, 0.6) is 5.75 Å². The van der Waals surface area contributed by atoms with Crippen molar-refractivity contribution in [3.63, 3.8) is 0 Å². The lowest BCUT2D eigenvalue weighted by molar-refractivity contribution is -0.362. The number of anilines is 1. The van der Waals surface area contributed by atoms with Crippen LogP contribution in [0.2, 0.25) is 0 Å². The van der Waals surface area contributed by atoms with Crippen LogP contribution in [-0.4, -0.2) is 122 Å². The summed E-state index contributed by atoms with van der Waals surface area (Å²) >= 11 is 1.45. The maximum absolute atomic E-state index is 15.9. The first-order valence-electron chi connectivity index (χ1n) is 21.1. The lowest BCUT2D eigenvalue weighted by atomic mass is 9.89. The van der Waals surface area contributed by atoms with Gasteiger partial charge in [0.05, 0.1) is 30.3 Å². The predicted octanol–water partition coefficient (Wildman–Crippen LogP) is 6.45. The molecule has 13 nitrogen and oxygen atoms in total. The molecule has 2 amide bonds. The van der Waals surface area contributed by atoms with E-state index in [9.17, 15) is 14.4 Å². The van der Waals surface area contributed by atoms with Gasteiger partial charge in [0.1, 0.15) is 34.8 Å². The number of ether oxygens (including phenoxy) is 2. The van der Waals surface area contributed by atoms with Crippen LogP contribution in [0.25, 0.3) is 16.3 Å². The number of hydrogen-bond donors (Lipinski definition) is 0. The number of rotatable bonds is 11. The van der Waals surface area contributed by atoms with Crippen molar-refractivity contribution in [2.24, 2.45) is 0 Å². The van der Waals surface area contributed by atoms with Gasteiger partial charge in [0.2, 0.25) is 5.91 Å². The number of hydrogen-bond acceptors (Lipinski definition) is 9. The molecule has 17 heteroatoms. The number of aromatic nitrogens is 4. The Morgan fingerprint density at radius 1 is 1.00 bits per heavy atom. The van der Waals surface area contributed by atoms with Gasteiger partial charge in [-0.2, -0.15) is 5.10 Å². The topological polar surface area (TPSA) is 118 Å². The summed E-state index contributed by atoms with van der Waals surface area (Å²) in [5.41, 5.74) is 5.13. The van der Waals surface area contributed by atoms with E-state index in [2.05, 4.69) is 16.8 Å². The number of ketones is 1. The van der Waals surface area contributed by atoms with E-state index in [1.54, 1.807) is 48.4 Å². The molecule has 0 N–H and O–H groups in total.